The van der Waals surface area contributed by atoms with Gasteiger partial charge in [-0.3, -0.25) is 0 Å². The van der Waals surface area contributed by atoms with Crippen LogP contribution in [0.25, 0.3) is 0 Å². The molecule has 0 aliphatic carbocycles. The Kier molecular flexibility index (Phi) is 3.70. The van der Waals surface area contributed by atoms with E-state index in [4.69, 9.17) is 24.7 Å². The quantitative estimate of drug-likeness (QED) is 0.743. The highest BCUT2D eigenvalue weighted by Gasteiger charge is 2.51. The zero-order chi connectivity index (χ0) is 13.6. The molecule has 0 unspecified atom stereocenters. The lowest BCUT2D eigenvalue weighted by Gasteiger charge is -2.25. The van der Waals surface area contributed by atoms with E-state index in [1.54, 1.807) is 0 Å². The molecule has 0 amide bonds. The van der Waals surface area contributed by atoms with Crippen LogP contribution in [-0.4, -0.2) is 54.2 Å². The molecule has 0 aromatic carbocycles. The molecule has 3 N–H and O–H groups in total. The standard InChI is InChI=1S/C12H23NO5/c1-11(2)15-6-8(16-11)10-9(7(14)5-13)17-12(3,4)18-10/h7-10,14H,5-6,13H2,1-4H3/t7-,8-,9-,10-/m1/s1. The molecule has 0 spiro atoms. The summed E-state index contributed by atoms with van der Waals surface area (Å²) in [6.45, 7) is 7.86. The number of ether oxygens (including phenoxy) is 4. The number of aliphatic hydroxyl groups is 1. The summed E-state index contributed by atoms with van der Waals surface area (Å²) in [5.41, 5.74) is 5.50. The molecule has 2 aliphatic heterocycles. The lowest BCUT2D eigenvalue weighted by Crippen LogP contribution is -2.46. The Bertz CT molecular complexity index is 307. The first-order chi connectivity index (χ1) is 8.24. The Morgan fingerprint density at radius 2 is 1.83 bits per heavy atom. The second-order valence-corrected chi connectivity index (χ2v) is 5.73. The first-order valence-electron chi connectivity index (χ1n) is 6.30. The monoisotopic (exact) mass is 261 g/mol. The van der Waals surface area contributed by atoms with Crippen LogP contribution >= 0.6 is 0 Å². The van der Waals surface area contributed by atoms with Gasteiger partial charge in [0.05, 0.1) is 12.7 Å². The lowest BCUT2D eigenvalue weighted by atomic mass is 10.0. The maximum atomic E-state index is 9.92. The highest BCUT2D eigenvalue weighted by molar-refractivity contribution is 4.93. The van der Waals surface area contributed by atoms with Gasteiger partial charge in [-0.05, 0) is 27.7 Å². The van der Waals surface area contributed by atoms with E-state index >= 15 is 0 Å². The maximum Gasteiger partial charge on any atom is 0.164 e. The topological polar surface area (TPSA) is 83.2 Å². The number of rotatable bonds is 3. The van der Waals surface area contributed by atoms with Crippen LogP contribution in [0.3, 0.4) is 0 Å². The summed E-state index contributed by atoms with van der Waals surface area (Å²) in [6.07, 6.45) is -1.90. The van der Waals surface area contributed by atoms with Gasteiger partial charge in [-0.1, -0.05) is 0 Å². The number of aliphatic hydroxyl groups excluding tert-OH is 1. The van der Waals surface area contributed by atoms with Gasteiger partial charge in [-0.25, -0.2) is 0 Å². The van der Waals surface area contributed by atoms with Crippen molar-refractivity contribution >= 4 is 0 Å². The zero-order valence-electron chi connectivity index (χ0n) is 11.4. The van der Waals surface area contributed by atoms with Crippen LogP contribution in [0, 0.1) is 0 Å². The van der Waals surface area contributed by atoms with E-state index in [2.05, 4.69) is 0 Å². The molecule has 0 radical (unpaired) electrons. The van der Waals surface area contributed by atoms with Gasteiger partial charge >= 0.3 is 0 Å². The molecule has 2 aliphatic rings. The van der Waals surface area contributed by atoms with Crippen molar-refractivity contribution in [3.63, 3.8) is 0 Å². The van der Waals surface area contributed by atoms with Crippen molar-refractivity contribution in [3.8, 4) is 0 Å². The van der Waals surface area contributed by atoms with Gasteiger partial charge in [-0.15, -0.1) is 0 Å². The third-order valence-corrected chi connectivity index (χ3v) is 3.18. The van der Waals surface area contributed by atoms with Crippen LogP contribution < -0.4 is 5.73 Å². The van der Waals surface area contributed by atoms with Crippen LogP contribution in [0.15, 0.2) is 0 Å². The fourth-order valence-corrected chi connectivity index (χ4v) is 2.41. The second kappa shape index (κ2) is 4.70. The fraction of sp³-hybridized carbons (Fsp3) is 1.00. The van der Waals surface area contributed by atoms with Crippen molar-refractivity contribution in [1.82, 2.24) is 0 Å². The number of hydrogen-bond acceptors (Lipinski definition) is 6. The first kappa shape index (κ1) is 14.2. The minimum Gasteiger partial charge on any atom is -0.389 e. The highest BCUT2D eigenvalue weighted by atomic mass is 16.8. The van der Waals surface area contributed by atoms with E-state index in [0.717, 1.165) is 0 Å². The van der Waals surface area contributed by atoms with E-state index < -0.39 is 23.8 Å². The van der Waals surface area contributed by atoms with E-state index in [-0.39, 0.29) is 18.8 Å². The Morgan fingerprint density at radius 3 is 2.33 bits per heavy atom. The van der Waals surface area contributed by atoms with Crippen LogP contribution in [0.5, 0.6) is 0 Å². The summed E-state index contributed by atoms with van der Waals surface area (Å²) in [7, 11) is 0. The summed E-state index contributed by atoms with van der Waals surface area (Å²) >= 11 is 0. The van der Waals surface area contributed by atoms with Gasteiger partial charge in [0.1, 0.15) is 18.3 Å². The van der Waals surface area contributed by atoms with Crippen molar-refractivity contribution in [2.45, 2.75) is 63.7 Å². The van der Waals surface area contributed by atoms with Gasteiger partial charge in [0.2, 0.25) is 0 Å². The van der Waals surface area contributed by atoms with Crippen molar-refractivity contribution < 1.29 is 24.1 Å². The molecular weight excluding hydrogens is 238 g/mol. The van der Waals surface area contributed by atoms with Crippen molar-refractivity contribution in [2.24, 2.45) is 5.73 Å². The molecule has 6 heteroatoms. The van der Waals surface area contributed by atoms with Crippen molar-refractivity contribution in [3.05, 3.63) is 0 Å². The minimum atomic E-state index is -0.774. The lowest BCUT2D eigenvalue weighted by molar-refractivity contribution is -0.175. The zero-order valence-corrected chi connectivity index (χ0v) is 11.4. The predicted octanol–water partition coefficient (Wildman–Crippen LogP) is -0.0224. The molecule has 0 saturated carbocycles. The summed E-state index contributed by atoms with van der Waals surface area (Å²) in [4.78, 5) is 0. The van der Waals surface area contributed by atoms with Gasteiger partial charge in [0.15, 0.2) is 11.6 Å². The fourth-order valence-electron chi connectivity index (χ4n) is 2.41. The van der Waals surface area contributed by atoms with Gasteiger partial charge in [0, 0.05) is 6.54 Å². The second-order valence-electron chi connectivity index (χ2n) is 5.73. The van der Waals surface area contributed by atoms with Gasteiger partial charge in [-0.2, -0.15) is 0 Å². The van der Waals surface area contributed by atoms with E-state index in [0.29, 0.717) is 6.61 Å². The van der Waals surface area contributed by atoms with E-state index in [9.17, 15) is 5.11 Å². The average Bonchev–Trinajstić information content (AvgIpc) is 2.77. The smallest absolute Gasteiger partial charge is 0.164 e. The molecule has 0 aromatic heterocycles. The van der Waals surface area contributed by atoms with Crippen LogP contribution in [0.2, 0.25) is 0 Å². The summed E-state index contributed by atoms with van der Waals surface area (Å²) < 4.78 is 22.8. The van der Waals surface area contributed by atoms with Gasteiger partial charge < -0.3 is 29.8 Å². The molecule has 4 atom stereocenters. The number of nitrogens with two attached hydrogens (primary N) is 1. The average molecular weight is 261 g/mol. The summed E-state index contributed by atoms with van der Waals surface area (Å²) in [5, 5.41) is 9.92. The van der Waals surface area contributed by atoms with Crippen LogP contribution in [0.1, 0.15) is 27.7 Å². The Morgan fingerprint density at radius 1 is 1.17 bits per heavy atom. The maximum absolute atomic E-state index is 9.92. The molecule has 106 valence electrons. The number of hydrogen-bond donors (Lipinski definition) is 2. The molecule has 2 rings (SSSR count). The van der Waals surface area contributed by atoms with Crippen LogP contribution in [-0.2, 0) is 18.9 Å². The van der Waals surface area contributed by atoms with Gasteiger partial charge in [0.25, 0.3) is 0 Å². The minimum absolute atomic E-state index is 0.123. The summed E-state index contributed by atoms with van der Waals surface area (Å²) in [6, 6.07) is 0. The molecule has 0 bridgehead atoms. The Labute approximate surface area is 107 Å². The molecule has 6 nitrogen and oxygen atoms in total. The van der Waals surface area contributed by atoms with E-state index in [1.807, 2.05) is 27.7 Å². The SMILES string of the molecule is CC1(C)O[C@H]([C@H](O)CN)[C@@H]([C@H]2COC(C)(C)O2)O1. The van der Waals surface area contributed by atoms with Crippen LogP contribution in [0.4, 0.5) is 0 Å². The highest BCUT2D eigenvalue weighted by Crippen LogP contribution is 2.36. The third-order valence-electron chi connectivity index (χ3n) is 3.18. The first-order valence-corrected chi connectivity index (χ1v) is 6.30. The molecule has 18 heavy (non-hydrogen) atoms. The molecule has 0 aromatic rings. The van der Waals surface area contributed by atoms with Crippen molar-refractivity contribution in [2.75, 3.05) is 13.2 Å². The normalized spacial score (nSPS) is 40.0. The third kappa shape index (κ3) is 2.84. The molecule has 2 heterocycles. The summed E-state index contributed by atoms with van der Waals surface area (Å²) in [5.74, 6) is -1.37. The molecule has 2 saturated heterocycles. The molecular formula is C12H23NO5. The largest absolute Gasteiger partial charge is 0.389 e. The molecule has 2 fully saturated rings. The van der Waals surface area contributed by atoms with E-state index in [1.165, 1.54) is 0 Å². The Balaban J connectivity index is 2.10. The predicted molar refractivity (Wildman–Crippen MR) is 63.8 cm³/mol. The van der Waals surface area contributed by atoms with Crippen molar-refractivity contribution in [1.29, 1.82) is 0 Å². The Hall–Kier alpha value is -0.240.